The minimum atomic E-state index is -0.188. The number of rotatable bonds is 5. The molecule has 26 heavy (non-hydrogen) atoms. The third kappa shape index (κ3) is 3.68. The lowest BCUT2D eigenvalue weighted by atomic mass is 10.1. The van der Waals surface area contributed by atoms with Crippen LogP contribution in [0.1, 0.15) is 35.4 Å². The topological polar surface area (TPSA) is 91.4 Å². The van der Waals surface area contributed by atoms with Crippen molar-refractivity contribution in [1.29, 1.82) is 0 Å². The molecular weight excluding hydrogens is 334 g/mol. The molecule has 2 aromatic heterocycles. The van der Waals surface area contributed by atoms with E-state index in [0.717, 1.165) is 6.42 Å². The van der Waals surface area contributed by atoms with Crippen LogP contribution in [0.4, 0.5) is 5.95 Å². The summed E-state index contributed by atoms with van der Waals surface area (Å²) < 4.78 is 5.51. The number of anilines is 1. The van der Waals surface area contributed by atoms with E-state index in [1.165, 1.54) is 6.07 Å². The molecule has 138 valence electrons. The summed E-state index contributed by atoms with van der Waals surface area (Å²) in [5.41, 5.74) is 0.841. The van der Waals surface area contributed by atoms with Gasteiger partial charge in [0.2, 0.25) is 5.95 Å². The molecule has 8 nitrogen and oxygen atoms in total. The van der Waals surface area contributed by atoms with Crippen LogP contribution < -0.4 is 15.2 Å². The highest BCUT2D eigenvalue weighted by Gasteiger charge is 2.31. The van der Waals surface area contributed by atoms with Gasteiger partial charge in [0.05, 0.1) is 12.3 Å². The van der Waals surface area contributed by atoms with Crippen LogP contribution in [0.2, 0.25) is 0 Å². The van der Waals surface area contributed by atoms with E-state index in [1.807, 2.05) is 21.0 Å². The second kappa shape index (κ2) is 7.55. The van der Waals surface area contributed by atoms with E-state index in [0.29, 0.717) is 42.8 Å². The fourth-order valence-corrected chi connectivity index (χ4v) is 3.04. The molecule has 1 aliphatic rings. The lowest BCUT2D eigenvalue weighted by Crippen LogP contribution is -2.30. The lowest BCUT2D eigenvalue weighted by molar-refractivity contribution is 0.0780. The zero-order valence-corrected chi connectivity index (χ0v) is 15.2. The van der Waals surface area contributed by atoms with Gasteiger partial charge in [-0.2, -0.15) is 0 Å². The number of carbonyl (C=O) groups is 1. The molecule has 1 amide bonds. The van der Waals surface area contributed by atoms with Crippen LogP contribution in [0, 0.1) is 0 Å². The average Bonchev–Trinajstić information content (AvgIpc) is 3.11. The normalized spacial score (nSPS) is 16.6. The first-order valence-corrected chi connectivity index (χ1v) is 8.65. The van der Waals surface area contributed by atoms with Gasteiger partial charge in [-0.3, -0.25) is 14.6 Å². The molecule has 0 radical (unpaired) electrons. The predicted octanol–water partition coefficient (Wildman–Crippen LogP) is 1.26. The summed E-state index contributed by atoms with van der Waals surface area (Å²) >= 11 is 0. The van der Waals surface area contributed by atoms with Gasteiger partial charge < -0.3 is 14.5 Å². The highest BCUT2D eigenvalue weighted by atomic mass is 16.5. The molecule has 1 aliphatic heterocycles. The van der Waals surface area contributed by atoms with Crippen molar-refractivity contribution in [3.8, 4) is 5.75 Å². The minimum absolute atomic E-state index is 0.0270. The molecular formula is C18H23N5O3. The maximum absolute atomic E-state index is 12.8. The van der Waals surface area contributed by atoms with Crippen molar-refractivity contribution in [2.45, 2.75) is 19.3 Å². The van der Waals surface area contributed by atoms with Crippen molar-refractivity contribution in [1.82, 2.24) is 19.9 Å². The summed E-state index contributed by atoms with van der Waals surface area (Å²) in [6.07, 6.45) is 2.34. The van der Waals surface area contributed by atoms with Gasteiger partial charge in [-0.15, -0.1) is 0 Å². The predicted molar refractivity (Wildman–Crippen MR) is 97.9 cm³/mol. The fourth-order valence-electron chi connectivity index (χ4n) is 3.04. The molecule has 0 aromatic carbocycles. The van der Waals surface area contributed by atoms with Crippen LogP contribution in [-0.4, -0.2) is 59.6 Å². The van der Waals surface area contributed by atoms with E-state index in [2.05, 4.69) is 15.0 Å². The fraction of sp³-hybridized carbons (Fsp3) is 0.444. The van der Waals surface area contributed by atoms with E-state index in [-0.39, 0.29) is 17.4 Å². The number of pyridine rings is 1. The van der Waals surface area contributed by atoms with Crippen LogP contribution in [-0.2, 0) is 0 Å². The van der Waals surface area contributed by atoms with E-state index < -0.39 is 0 Å². The first kappa shape index (κ1) is 17.9. The number of carbonyl (C=O) groups excluding carboxylic acids is 1. The Labute approximate surface area is 151 Å². The van der Waals surface area contributed by atoms with Crippen molar-refractivity contribution in [2.24, 2.45) is 0 Å². The van der Waals surface area contributed by atoms with Gasteiger partial charge in [0, 0.05) is 45.4 Å². The van der Waals surface area contributed by atoms with Crippen molar-refractivity contribution < 1.29 is 9.53 Å². The van der Waals surface area contributed by atoms with E-state index in [9.17, 15) is 9.59 Å². The molecule has 0 aliphatic carbocycles. The van der Waals surface area contributed by atoms with E-state index in [4.69, 9.17) is 4.74 Å². The van der Waals surface area contributed by atoms with Crippen molar-refractivity contribution in [2.75, 3.05) is 38.7 Å². The maximum atomic E-state index is 12.8. The monoisotopic (exact) mass is 357 g/mol. The first-order valence-electron chi connectivity index (χ1n) is 8.65. The number of hydrogen-bond acceptors (Lipinski definition) is 6. The summed E-state index contributed by atoms with van der Waals surface area (Å²) in [6, 6.07) is 5.01. The highest BCUT2D eigenvalue weighted by molar-refractivity contribution is 5.95. The number of ether oxygens (including phenoxy) is 1. The number of H-pyrrole nitrogens is 1. The largest absolute Gasteiger partial charge is 0.491 e. The van der Waals surface area contributed by atoms with Gasteiger partial charge >= 0.3 is 0 Å². The molecule has 0 saturated carbocycles. The SMILES string of the molecule is CCOc1cccnc1C(=O)N1CCC(c2cc(=O)[nH]c(N(C)C)n2)C1. The highest BCUT2D eigenvalue weighted by Crippen LogP contribution is 2.28. The maximum Gasteiger partial charge on any atom is 0.276 e. The Morgan fingerprint density at radius 1 is 1.46 bits per heavy atom. The first-order chi connectivity index (χ1) is 12.5. The third-order valence-corrected chi connectivity index (χ3v) is 4.34. The van der Waals surface area contributed by atoms with Gasteiger partial charge in [-0.25, -0.2) is 9.97 Å². The number of aromatic amines is 1. The Kier molecular flexibility index (Phi) is 5.20. The van der Waals surface area contributed by atoms with Crippen LogP contribution in [0.15, 0.2) is 29.2 Å². The number of hydrogen-bond donors (Lipinski definition) is 1. The molecule has 1 N–H and O–H groups in total. The average molecular weight is 357 g/mol. The molecule has 3 rings (SSSR count). The molecule has 8 heteroatoms. The molecule has 1 saturated heterocycles. The zero-order chi connectivity index (χ0) is 18.7. The number of amides is 1. The second-order valence-electron chi connectivity index (χ2n) is 6.41. The van der Waals surface area contributed by atoms with Gasteiger partial charge in [0.25, 0.3) is 11.5 Å². The van der Waals surface area contributed by atoms with Crippen LogP contribution >= 0.6 is 0 Å². The molecule has 1 fully saturated rings. The minimum Gasteiger partial charge on any atom is -0.491 e. The zero-order valence-electron chi connectivity index (χ0n) is 15.2. The Morgan fingerprint density at radius 3 is 3.00 bits per heavy atom. The summed E-state index contributed by atoms with van der Waals surface area (Å²) in [7, 11) is 3.64. The molecule has 1 unspecified atom stereocenters. The number of nitrogens with one attached hydrogen (secondary N) is 1. The summed E-state index contributed by atoms with van der Waals surface area (Å²) in [4.78, 5) is 39.7. The number of aromatic nitrogens is 3. The van der Waals surface area contributed by atoms with Gasteiger partial charge in [0.1, 0.15) is 0 Å². The van der Waals surface area contributed by atoms with Gasteiger partial charge in [-0.1, -0.05) is 0 Å². The quantitative estimate of drug-likeness (QED) is 0.866. The van der Waals surface area contributed by atoms with Crippen molar-refractivity contribution >= 4 is 11.9 Å². The van der Waals surface area contributed by atoms with Crippen molar-refractivity contribution in [3.05, 3.63) is 46.1 Å². The van der Waals surface area contributed by atoms with Gasteiger partial charge in [-0.05, 0) is 25.5 Å². The Morgan fingerprint density at radius 2 is 2.27 bits per heavy atom. The molecule has 3 heterocycles. The molecule has 1 atom stereocenters. The Hall–Kier alpha value is -2.90. The molecule has 2 aromatic rings. The van der Waals surface area contributed by atoms with Crippen LogP contribution in [0.25, 0.3) is 0 Å². The summed E-state index contributed by atoms with van der Waals surface area (Å²) in [5, 5.41) is 0. The van der Waals surface area contributed by atoms with Crippen LogP contribution in [0.3, 0.4) is 0 Å². The summed E-state index contributed by atoms with van der Waals surface area (Å²) in [5.74, 6) is 0.877. The van der Waals surface area contributed by atoms with Gasteiger partial charge in [0.15, 0.2) is 11.4 Å². The van der Waals surface area contributed by atoms with E-state index in [1.54, 1.807) is 28.1 Å². The summed E-state index contributed by atoms with van der Waals surface area (Å²) in [6.45, 7) is 3.44. The smallest absolute Gasteiger partial charge is 0.276 e. The number of nitrogens with zero attached hydrogens (tertiary/aromatic N) is 4. The number of likely N-dealkylation sites (tertiary alicyclic amines) is 1. The molecule has 0 spiro atoms. The second-order valence-corrected chi connectivity index (χ2v) is 6.41. The van der Waals surface area contributed by atoms with Crippen molar-refractivity contribution in [3.63, 3.8) is 0 Å². The van der Waals surface area contributed by atoms with E-state index >= 15 is 0 Å². The van der Waals surface area contributed by atoms with Crippen LogP contribution in [0.5, 0.6) is 5.75 Å². The standard InChI is InChI=1S/C18H23N5O3/c1-4-26-14-6-5-8-19-16(14)17(25)23-9-7-12(11-23)13-10-15(24)21-18(20-13)22(2)3/h5-6,8,10,12H,4,7,9,11H2,1-3H3,(H,20,21,24). The Balaban J connectivity index is 1.79. The Bertz CT molecular complexity index is 849. The third-order valence-electron chi connectivity index (χ3n) is 4.34. The molecule has 0 bridgehead atoms. The lowest BCUT2D eigenvalue weighted by Gasteiger charge is -2.18.